The van der Waals surface area contributed by atoms with Crippen LogP contribution in [0.5, 0.6) is 0 Å². The van der Waals surface area contributed by atoms with Crippen molar-refractivity contribution in [2.45, 2.75) is 20.8 Å². The van der Waals surface area contributed by atoms with Crippen LogP contribution in [0.15, 0.2) is 30.5 Å². The van der Waals surface area contributed by atoms with E-state index in [2.05, 4.69) is 5.10 Å². The number of rotatable bonds is 1. The molecule has 2 N–H and O–H groups in total. The molecule has 2 aromatic rings. The van der Waals surface area contributed by atoms with Gasteiger partial charge in [0.2, 0.25) is 0 Å². The average Bonchev–Trinajstić information content (AvgIpc) is 2.74. The molecule has 4 heteroatoms. The third kappa shape index (κ3) is 2.64. The van der Waals surface area contributed by atoms with Gasteiger partial charge in [0.25, 0.3) is 0 Å². The molecule has 1 heterocycles. The van der Waals surface area contributed by atoms with E-state index in [1.807, 2.05) is 51.1 Å². The lowest BCUT2D eigenvalue weighted by atomic mass is 10.2. The summed E-state index contributed by atoms with van der Waals surface area (Å²) in [5, 5.41) is 12.8. The summed E-state index contributed by atoms with van der Waals surface area (Å²) in [4.78, 5) is 0. The van der Waals surface area contributed by atoms with Crippen LogP contribution >= 0.6 is 0 Å². The number of benzene rings is 1. The van der Waals surface area contributed by atoms with Crippen LogP contribution in [-0.4, -0.2) is 9.78 Å². The highest BCUT2D eigenvalue weighted by Gasteiger charge is 2.07. The number of aromatic nitrogens is 2. The third-order valence-corrected chi connectivity index (χ3v) is 2.21. The van der Waals surface area contributed by atoms with Gasteiger partial charge in [-0.1, -0.05) is 31.5 Å². The minimum atomic E-state index is 0.376. The first kappa shape index (κ1) is 12.8. The topological polar surface area (TPSA) is 67.6 Å². The van der Waals surface area contributed by atoms with Gasteiger partial charge in [-0.2, -0.15) is 10.4 Å². The van der Waals surface area contributed by atoms with Crippen LogP contribution in [0, 0.1) is 18.3 Å². The zero-order chi connectivity index (χ0) is 12.8. The summed E-state index contributed by atoms with van der Waals surface area (Å²) in [6.45, 7) is 6.01. The predicted molar refractivity (Wildman–Crippen MR) is 68.8 cm³/mol. The Labute approximate surface area is 101 Å². The van der Waals surface area contributed by atoms with Gasteiger partial charge in [0.1, 0.15) is 17.5 Å². The summed E-state index contributed by atoms with van der Waals surface area (Å²) in [7, 11) is 0. The maximum absolute atomic E-state index is 8.74. The number of nitrogens with two attached hydrogens (primary N) is 1. The van der Waals surface area contributed by atoms with Crippen LogP contribution in [0.25, 0.3) is 5.69 Å². The lowest BCUT2D eigenvalue weighted by molar-refractivity contribution is 0.890. The Kier molecular flexibility index (Phi) is 4.29. The molecule has 4 nitrogen and oxygen atoms in total. The minimum Gasteiger partial charge on any atom is -0.382 e. The van der Waals surface area contributed by atoms with Crippen molar-refractivity contribution in [3.05, 3.63) is 41.6 Å². The molecule has 0 unspecified atom stereocenters. The maximum atomic E-state index is 8.74. The van der Waals surface area contributed by atoms with E-state index in [-0.39, 0.29) is 0 Å². The highest BCUT2D eigenvalue weighted by Crippen LogP contribution is 2.16. The van der Waals surface area contributed by atoms with Crippen molar-refractivity contribution in [2.24, 2.45) is 0 Å². The van der Waals surface area contributed by atoms with Gasteiger partial charge in [-0.15, -0.1) is 0 Å². The number of nitriles is 1. The Morgan fingerprint density at radius 2 is 1.82 bits per heavy atom. The lowest BCUT2D eigenvalue weighted by Gasteiger charge is -2.03. The molecule has 0 radical (unpaired) electrons. The van der Waals surface area contributed by atoms with Crippen molar-refractivity contribution in [3.8, 4) is 11.8 Å². The molecule has 0 aliphatic rings. The Bertz CT molecular complexity index is 517. The zero-order valence-corrected chi connectivity index (χ0v) is 10.3. The SMILES string of the molecule is CC.Cc1ccc(-n2ncc(C#N)c2N)cc1. The summed E-state index contributed by atoms with van der Waals surface area (Å²) >= 11 is 0. The van der Waals surface area contributed by atoms with Gasteiger partial charge in [-0.25, -0.2) is 4.68 Å². The number of anilines is 1. The Hall–Kier alpha value is -2.28. The van der Waals surface area contributed by atoms with E-state index in [0.717, 1.165) is 5.69 Å². The van der Waals surface area contributed by atoms with Crippen LogP contribution in [0.2, 0.25) is 0 Å². The van der Waals surface area contributed by atoms with Crippen LogP contribution in [0.3, 0.4) is 0 Å². The molecule has 0 aliphatic heterocycles. The maximum Gasteiger partial charge on any atom is 0.145 e. The predicted octanol–water partition coefficient (Wildman–Crippen LogP) is 2.66. The fourth-order valence-corrected chi connectivity index (χ4v) is 1.34. The summed E-state index contributed by atoms with van der Waals surface area (Å²) in [6.07, 6.45) is 1.47. The van der Waals surface area contributed by atoms with Gasteiger partial charge in [0.15, 0.2) is 0 Å². The minimum absolute atomic E-state index is 0.376. The Morgan fingerprint density at radius 1 is 1.24 bits per heavy atom. The molecule has 0 saturated heterocycles. The lowest BCUT2D eigenvalue weighted by Crippen LogP contribution is -2.02. The van der Waals surface area contributed by atoms with E-state index in [0.29, 0.717) is 11.4 Å². The first-order valence-electron chi connectivity index (χ1n) is 5.53. The number of aryl methyl sites for hydroxylation is 1. The Balaban J connectivity index is 0.000000686. The second-order valence-corrected chi connectivity index (χ2v) is 3.30. The normalized spacial score (nSPS) is 9.06. The smallest absolute Gasteiger partial charge is 0.145 e. The second kappa shape index (κ2) is 5.71. The van der Waals surface area contributed by atoms with Crippen molar-refractivity contribution in [1.82, 2.24) is 9.78 Å². The summed E-state index contributed by atoms with van der Waals surface area (Å²) in [6, 6.07) is 9.77. The largest absolute Gasteiger partial charge is 0.382 e. The average molecular weight is 228 g/mol. The van der Waals surface area contributed by atoms with E-state index in [4.69, 9.17) is 11.0 Å². The van der Waals surface area contributed by atoms with E-state index < -0.39 is 0 Å². The highest BCUT2D eigenvalue weighted by molar-refractivity contribution is 5.52. The molecule has 0 bridgehead atoms. The van der Waals surface area contributed by atoms with E-state index in [1.165, 1.54) is 11.8 Å². The standard InChI is InChI=1S/C11H10N4.C2H6/c1-8-2-4-10(5-3-8)15-11(13)9(6-12)7-14-15;1-2/h2-5,7H,13H2,1H3;1-2H3. The molecule has 17 heavy (non-hydrogen) atoms. The fourth-order valence-electron chi connectivity index (χ4n) is 1.34. The number of hydrogen-bond donors (Lipinski definition) is 1. The number of nitrogens with zero attached hydrogens (tertiary/aromatic N) is 3. The molecule has 0 amide bonds. The number of nitrogen functional groups attached to an aromatic ring is 1. The fraction of sp³-hybridized carbons (Fsp3) is 0.231. The molecule has 0 atom stereocenters. The molecule has 88 valence electrons. The highest BCUT2D eigenvalue weighted by atomic mass is 15.3. The van der Waals surface area contributed by atoms with Gasteiger partial charge in [-0.05, 0) is 19.1 Å². The third-order valence-electron chi connectivity index (χ3n) is 2.21. The summed E-state index contributed by atoms with van der Waals surface area (Å²) in [5.41, 5.74) is 8.19. The molecule has 0 aliphatic carbocycles. The molecule has 0 fully saturated rings. The van der Waals surface area contributed by atoms with E-state index >= 15 is 0 Å². The molecule has 2 rings (SSSR count). The molecule has 0 saturated carbocycles. The number of hydrogen-bond acceptors (Lipinski definition) is 3. The molecular weight excluding hydrogens is 212 g/mol. The van der Waals surface area contributed by atoms with E-state index in [9.17, 15) is 0 Å². The van der Waals surface area contributed by atoms with Gasteiger partial charge in [0.05, 0.1) is 11.9 Å². The van der Waals surface area contributed by atoms with Crippen LogP contribution in [0.4, 0.5) is 5.82 Å². The van der Waals surface area contributed by atoms with Crippen LogP contribution in [0.1, 0.15) is 25.0 Å². The quantitative estimate of drug-likeness (QED) is 0.815. The molecular formula is C13H16N4. The summed E-state index contributed by atoms with van der Waals surface area (Å²) in [5.74, 6) is 0.376. The van der Waals surface area contributed by atoms with E-state index in [1.54, 1.807) is 4.68 Å². The van der Waals surface area contributed by atoms with Gasteiger partial charge >= 0.3 is 0 Å². The van der Waals surface area contributed by atoms with Gasteiger partial charge in [-0.3, -0.25) is 0 Å². The zero-order valence-electron chi connectivity index (χ0n) is 10.3. The Morgan fingerprint density at radius 3 is 2.29 bits per heavy atom. The van der Waals surface area contributed by atoms with Crippen molar-refractivity contribution in [2.75, 3.05) is 5.73 Å². The van der Waals surface area contributed by atoms with Crippen molar-refractivity contribution in [1.29, 1.82) is 5.26 Å². The van der Waals surface area contributed by atoms with Gasteiger partial charge < -0.3 is 5.73 Å². The first-order valence-corrected chi connectivity index (χ1v) is 5.53. The van der Waals surface area contributed by atoms with Crippen LogP contribution in [-0.2, 0) is 0 Å². The summed E-state index contributed by atoms with van der Waals surface area (Å²) < 4.78 is 1.55. The van der Waals surface area contributed by atoms with Crippen LogP contribution < -0.4 is 5.73 Å². The molecule has 1 aromatic carbocycles. The molecule has 1 aromatic heterocycles. The van der Waals surface area contributed by atoms with Crippen molar-refractivity contribution >= 4 is 5.82 Å². The van der Waals surface area contributed by atoms with Crippen molar-refractivity contribution < 1.29 is 0 Å². The van der Waals surface area contributed by atoms with Crippen molar-refractivity contribution in [3.63, 3.8) is 0 Å². The monoisotopic (exact) mass is 228 g/mol. The van der Waals surface area contributed by atoms with Gasteiger partial charge in [0, 0.05) is 0 Å². The molecule has 0 spiro atoms. The second-order valence-electron chi connectivity index (χ2n) is 3.30. The first-order chi connectivity index (χ1) is 8.22.